The Morgan fingerprint density at radius 2 is 1.94 bits per heavy atom. The molecule has 0 amide bonds. The first-order chi connectivity index (χ1) is 8.79. The standard InChI is InChI=1S/C15H21NS2/c1-3-6-12(2)16-14(15-8-5-10-18-15)11-13-7-4-9-17-13/h4-5,7-10,12,14,16H,3,6,11H2,1-2H3. The van der Waals surface area contributed by atoms with Crippen LogP contribution in [0.3, 0.4) is 0 Å². The monoisotopic (exact) mass is 279 g/mol. The van der Waals surface area contributed by atoms with Crippen molar-refractivity contribution in [2.24, 2.45) is 0 Å². The van der Waals surface area contributed by atoms with E-state index in [1.54, 1.807) is 0 Å². The topological polar surface area (TPSA) is 12.0 Å². The molecule has 1 N–H and O–H groups in total. The molecule has 2 heterocycles. The van der Waals surface area contributed by atoms with Crippen molar-refractivity contribution in [3.05, 3.63) is 44.8 Å². The quantitative estimate of drug-likeness (QED) is 0.762. The van der Waals surface area contributed by atoms with Gasteiger partial charge in [-0.15, -0.1) is 22.7 Å². The number of thiophene rings is 2. The highest BCUT2D eigenvalue weighted by molar-refractivity contribution is 7.10. The van der Waals surface area contributed by atoms with Crippen molar-refractivity contribution in [1.82, 2.24) is 5.32 Å². The van der Waals surface area contributed by atoms with Gasteiger partial charge in [0, 0.05) is 28.3 Å². The van der Waals surface area contributed by atoms with E-state index in [2.05, 4.69) is 54.2 Å². The van der Waals surface area contributed by atoms with Gasteiger partial charge in [-0.3, -0.25) is 0 Å². The smallest absolute Gasteiger partial charge is 0.0465 e. The lowest BCUT2D eigenvalue weighted by Gasteiger charge is -2.22. The first-order valence-corrected chi connectivity index (χ1v) is 8.37. The fraction of sp³-hybridized carbons (Fsp3) is 0.467. The molecule has 0 radical (unpaired) electrons. The van der Waals surface area contributed by atoms with Crippen LogP contribution in [0, 0.1) is 0 Å². The third kappa shape index (κ3) is 3.94. The molecule has 2 unspecified atom stereocenters. The molecule has 0 bridgehead atoms. The maximum absolute atomic E-state index is 3.78. The Balaban J connectivity index is 2.03. The third-order valence-corrected chi connectivity index (χ3v) is 4.96. The van der Waals surface area contributed by atoms with Crippen molar-refractivity contribution in [2.75, 3.05) is 0 Å². The number of rotatable bonds is 7. The summed E-state index contributed by atoms with van der Waals surface area (Å²) in [6.07, 6.45) is 3.59. The Labute approximate surface area is 118 Å². The van der Waals surface area contributed by atoms with Gasteiger partial charge in [0.25, 0.3) is 0 Å². The van der Waals surface area contributed by atoms with E-state index in [-0.39, 0.29) is 0 Å². The van der Waals surface area contributed by atoms with Crippen molar-refractivity contribution in [3.63, 3.8) is 0 Å². The molecular weight excluding hydrogens is 258 g/mol. The predicted molar refractivity (Wildman–Crippen MR) is 82.6 cm³/mol. The van der Waals surface area contributed by atoms with Crippen LogP contribution < -0.4 is 5.32 Å². The molecule has 0 aromatic carbocycles. The summed E-state index contributed by atoms with van der Waals surface area (Å²) >= 11 is 3.71. The van der Waals surface area contributed by atoms with Crippen LogP contribution in [0.25, 0.3) is 0 Å². The fourth-order valence-corrected chi connectivity index (χ4v) is 3.76. The van der Waals surface area contributed by atoms with Crippen molar-refractivity contribution in [3.8, 4) is 0 Å². The molecule has 0 aliphatic carbocycles. The normalized spacial score (nSPS) is 14.6. The van der Waals surface area contributed by atoms with Crippen LogP contribution in [0.4, 0.5) is 0 Å². The molecule has 2 atom stereocenters. The molecule has 2 aromatic heterocycles. The molecule has 0 saturated carbocycles. The van der Waals surface area contributed by atoms with Crippen molar-refractivity contribution in [1.29, 1.82) is 0 Å². The summed E-state index contributed by atoms with van der Waals surface area (Å²) in [4.78, 5) is 2.91. The van der Waals surface area contributed by atoms with E-state index in [0.29, 0.717) is 12.1 Å². The first kappa shape index (κ1) is 13.8. The van der Waals surface area contributed by atoms with Gasteiger partial charge in [-0.25, -0.2) is 0 Å². The summed E-state index contributed by atoms with van der Waals surface area (Å²) in [7, 11) is 0. The minimum Gasteiger partial charge on any atom is -0.306 e. The van der Waals surface area contributed by atoms with Crippen LogP contribution in [0.1, 0.15) is 42.5 Å². The number of nitrogens with one attached hydrogen (secondary N) is 1. The molecule has 0 saturated heterocycles. The lowest BCUT2D eigenvalue weighted by molar-refractivity contribution is 0.436. The van der Waals surface area contributed by atoms with E-state index in [1.165, 1.54) is 22.6 Å². The van der Waals surface area contributed by atoms with E-state index in [1.807, 2.05) is 22.7 Å². The largest absolute Gasteiger partial charge is 0.306 e. The Kier molecular flexibility index (Phi) is 5.42. The van der Waals surface area contributed by atoms with Gasteiger partial charge < -0.3 is 5.32 Å². The summed E-state index contributed by atoms with van der Waals surface area (Å²) in [6, 6.07) is 9.81. The van der Waals surface area contributed by atoms with Gasteiger partial charge in [-0.2, -0.15) is 0 Å². The molecule has 1 nitrogen and oxygen atoms in total. The Morgan fingerprint density at radius 3 is 2.56 bits per heavy atom. The average molecular weight is 279 g/mol. The van der Waals surface area contributed by atoms with Gasteiger partial charge in [0.1, 0.15) is 0 Å². The zero-order chi connectivity index (χ0) is 12.8. The highest BCUT2D eigenvalue weighted by Crippen LogP contribution is 2.25. The molecule has 0 fully saturated rings. The van der Waals surface area contributed by atoms with Crippen LogP contribution in [0.5, 0.6) is 0 Å². The van der Waals surface area contributed by atoms with Crippen molar-refractivity contribution >= 4 is 22.7 Å². The van der Waals surface area contributed by atoms with E-state index in [0.717, 1.165) is 6.42 Å². The van der Waals surface area contributed by atoms with Gasteiger partial charge in [-0.1, -0.05) is 25.5 Å². The molecule has 2 aromatic rings. The van der Waals surface area contributed by atoms with Crippen LogP contribution in [-0.2, 0) is 6.42 Å². The Hall–Kier alpha value is -0.640. The lowest BCUT2D eigenvalue weighted by Crippen LogP contribution is -2.31. The highest BCUT2D eigenvalue weighted by atomic mass is 32.1. The molecular formula is C15H21NS2. The van der Waals surface area contributed by atoms with Crippen molar-refractivity contribution in [2.45, 2.75) is 45.2 Å². The average Bonchev–Trinajstić information content (AvgIpc) is 3.01. The molecule has 0 aliphatic rings. The molecule has 3 heteroatoms. The summed E-state index contributed by atoms with van der Waals surface area (Å²) in [5.41, 5.74) is 0. The first-order valence-electron chi connectivity index (χ1n) is 6.61. The lowest BCUT2D eigenvalue weighted by atomic mass is 10.1. The van der Waals surface area contributed by atoms with Crippen LogP contribution in [0.2, 0.25) is 0 Å². The maximum atomic E-state index is 3.78. The van der Waals surface area contributed by atoms with Crippen LogP contribution in [-0.4, -0.2) is 6.04 Å². The van der Waals surface area contributed by atoms with Gasteiger partial charge in [0.05, 0.1) is 0 Å². The zero-order valence-electron chi connectivity index (χ0n) is 11.1. The summed E-state index contributed by atoms with van der Waals surface area (Å²) in [6.45, 7) is 4.54. The van der Waals surface area contributed by atoms with Gasteiger partial charge in [-0.05, 0) is 36.2 Å². The Morgan fingerprint density at radius 1 is 1.17 bits per heavy atom. The SMILES string of the molecule is CCCC(C)NC(Cc1cccs1)c1cccs1. The molecule has 2 rings (SSSR count). The van der Waals surface area contributed by atoms with E-state index < -0.39 is 0 Å². The van der Waals surface area contributed by atoms with E-state index >= 15 is 0 Å². The number of hydrogen-bond donors (Lipinski definition) is 1. The maximum Gasteiger partial charge on any atom is 0.0465 e. The summed E-state index contributed by atoms with van der Waals surface area (Å²) in [5.74, 6) is 0. The summed E-state index contributed by atoms with van der Waals surface area (Å²) < 4.78 is 0. The van der Waals surface area contributed by atoms with Crippen molar-refractivity contribution < 1.29 is 0 Å². The molecule has 18 heavy (non-hydrogen) atoms. The summed E-state index contributed by atoms with van der Waals surface area (Å²) in [5, 5.41) is 8.11. The predicted octanol–water partition coefficient (Wildman–Crippen LogP) is 4.87. The molecule has 98 valence electrons. The molecule has 0 aliphatic heterocycles. The van der Waals surface area contributed by atoms with Gasteiger partial charge in [0.15, 0.2) is 0 Å². The fourth-order valence-electron chi connectivity index (χ4n) is 2.22. The number of hydrogen-bond acceptors (Lipinski definition) is 3. The zero-order valence-corrected chi connectivity index (χ0v) is 12.7. The second-order valence-corrected chi connectivity index (χ2v) is 6.72. The minimum atomic E-state index is 0.463. The van der Waals surface area contributed by atoms with Crippen LogP contribution >= 0.6 is 22.7 Å². The minimum absolute atomic E-state index is 0.463. The highest BCUT2D eigenvalue weighted by Gasteiger charge is 2.16. The van der Waals surface area contributed by atoms with E-state index in [4.69, 9.17) is 0 Å². The van der Waals surface area contributed by atoms with Gasteiger partial charge >= 0.3 is 0 Å². The van der Waals surface area contributed by atoms with E-state index in [9.17, 15) is 0 Å². The Bertz CT molecular complexity index is 419. The van der Waals surface area contributed by atoms with Crippen LogP contribution in [0.15, 0.2) is 35.0 Å². The second kappa shape index (κ2) is 7.07. The van der Waals surface area contributed by atoms with Gasteiger partial charge in [0.2, 0.25) is 0 Å². The molecule has 0 spiro atoms. The third-order valence-electron chi connectivity index (χ3n) is 3.08. The second-order valence-electron chi connectivity index (χ2n) is 4.71.